The van der Waals surface area contributed by atoms with Gasteiger partial charge in [-0.05, 0) is 26.6 Å². The molecule has 0 aliphatic heterocycles. The summed E-state index contributed by atoms with van der Waals surface area (Å²) in [4.78, 5) is 0. The largest absolute Gasteiger partial charge is 0.320 e. The first kappa shape index (κ1) is 14.8. The molecule has 0 fully saturated rings. The summed E-state index contributed by atoms with van der Waals surface area (Å²) in [6, 6.07) is 0. The van der Waals surface area contributed by atoms with E-state index in [1.54, 1.807) is 7.05 Å². The van der Waals surface area contributed by atoms with Gasteiger partial charge in [-0.3, -0.25) is 0 Å². The van der Waals surface area contributed by atoms with E-state index in [0.717, 1.165) is 0 Å². The lowest BCUT2D eigenvalue weighted by Gasteiger charge is -2.09. The minimum absolute atomic E-state index is 0.403. The Bertz CT molecular complexity index is 393. The summed E-state index contributed by atoms with van der Waals surface area (Å²) in [5.74, 6) is -9.54. The van der Waals surface area contributed by atoms with Crippen molar-refractivity contribution < 1.29 is 22.0 Å². The molecule has 0 spiro atoms. The molecule has 0 radical (unpaired) electrons. The van der Waals surface area contributed by atoms with Crippen molar-refractivity contribution in [1.29, 1.82) is 0 Å². The van der Waals surface area contributed by atoms with Crippen LogP contribution in [0.5, 0.6) is 0 Å². The fourth-order valence-electron chi connectivity index (χ4n) is 1.41. The number of halogens is 5. The SMILES string of the molecule is CNCCCNCc1c(F)c(F)c(F)c(F)c1F. The summed E-state index contributed by atoms with van der Waals surface area (Å²) in [5.41, 5.74) is -0.837. The molecule has 7 heteroatoms. The first-order valence-electron chi connectivity index (χ1n) is 5.36. The predicted molar refractivity (Wildman–Crippen MR) is 56.5 cm³/mol. The van der Waals surface area contributed by atoms with Gasteiger partial charge < -0.3 is 10.6 Å². The third-order valence-corrected chi connectivity index (χ3v) is 2.38. The van der Waals surface area contributed by atoms with Gasteiger partial charge in [-0.2, -0.15) is 0 Å². The smallest absolute Gasteiger partial charge is 0.200 e. The van der Waals surface area contributed by atoms with Crippen LogP contribution in [0.3, 0.4) is 0 Å². The van der Waals surface area contributed by atoms with Crippen LogP contribution >= 0.6 is 0 Å². The molecule has 0 aliphatic rings. The van der Waals surface area contributed by atoms with Crippen LogP contribution in [0.4, 0.5) is 22.0 Å². The maximum absolute atomic E-state index is 13.2. The van der Waals surface area contributed by atoms with Gasteiger partial charge in [0.25, 0.3) is 0 Å². The van der Waals surface area contributed by atoms with Gasteiger partial charge in [-0.15, -0.1) is 0 Å². The Morgan fingerprint density at radius 3 is 1.78 bits per heavy atom. The van der Waals surface area contributed by atoms with Crippen molar-refractivity contribution in [2.75, 3.05) is 20.1 Å². The second kappa shape index (κ2) is 6.65. The highest BCUT2D eigenvalue weighted by Crippen LogP contribution is 2.22. The average molecular weight is 268 g/mol. The number of benzene rings is 1. The summed E-state index contributed by atoms with van der Waals surface area (Å²) in [6.45, 7) is 0.680. The Kier molecular flexibility index (Phi) is 5.49. The molecule has 0 aliphatic carbocycles. The zero-order valence-electron chi connectivity index (χ0n) is 9.72. The molecule has 0 saturated carbocycles. The van der Waals surface area contributed by atoms with Gasteiger partial charge in [-0.25, -0.2) is 22.0 Å². The van der Waals surface area contributed by atoms with E-state index in [2.05, 4.69) is 10.6 Å². The maximum atomic E-state index is 13.2. The van der Waals surface area contributed by atoms with Crippen LogP contribution < -0.4 is 10.6 Å². The lowest BCUT2D eigenvalue weighted by Crippen LogP contribution is -2.21. The van der Waals surface area contributed by atoms with E-state index in [0.29, 0.717) is 19.5 Å². The maximum Gasteiger partial charge on any atom is 0.200 e. The molecule has 0 heterocycles. The monoisotopic (exact) mass is 268 g/mol. The van der Waals surface area contributed by atoms with E-state index in [-0.39, 0.29) is 0 Å². The Balaban J connectivity index is 2.77. The molecule has 0 saturated heterocycles. The third kappa shape index (κ3) is 3.17. The van der Waals surface area contributed by atoms with E-state index >= 15 is 0 Å². The molecule has 102 valence electrons. The summed E-state index contributed by atoms with van der Waals surface area (Å²) in [7, 11) is 1.74. The second-order valence-corrected chi connectivity index (χ2v) is 3.68. The molecule has 1 rings (SSSR count). The molecule has 2 nitrogen and oxygen atoms in total. The standard InChI is InChI=1S/C11H13F5N2/c1-17-3-2-4-18-5-6-7(12)9(14)11(16)10(15)8(6)13/h17-18H,2-5H2,1H3. The highest BCUT2D eigenvalue weighted by Gasteiger charge is 2.24. The van der Waals surface area contributed by atoms with Crippen LogP contribution in [0.25, 0.3) is 0 Å². The van der Waals surface area contributed by atoms with Crippen LogP contribution in [0.2, 0.25) is 0 Å². The van der Waals surface area contributed by atoms with Crippen LogP contribution in [0.1, 0.15) is 12.0 Å². The van der Waals surface area contributed by atoms with Gasteiger partial charge in [0.15, 0.2) is 23.3 Å². The number of hydrogen-bond donors (Lipinski definition) is 2. The van der Waals surface area contributed by atoms with Crippen LogP contribution in [-0.4, -0.2) is 20.1 Å². The van der Waals surface area contributed by atoms with E-state index in [1.165, 1.54) is 0 Å². The first-order chi connectivity index (χ1) is 8.50. The molecule has 0 unspecified atom stereocenters. The molecule has 0 atom stereocenters. The average Bonchev–Trinajstić information content (AvgIpc) is 2.37. The Morgan fingerprint density at radius 2 is 1.28 bits per heavy atom. The molecule has 0 aromatic heterocycles. The summed E-state index contributed by atoms with van der Waals surface area (Å²) >= 11 is 0. The summed E-state index contributed by atoms with van der Waals surface area (Å²) < 4.78 is 64.8. The van der Waals surface area contributed by atoms with E-state index < -0.39 is 41.2 Å². The molecule has 0 amide bonds. The summed E-state index contributed by atoms with van der Waals surface area (Å²) in [5, 5.41) is 5.47. The number of nitrogens with one attached hydrogen (secondary N) is 2. The fourth-order valence-corrected chi connectivity index (χ4v) is 1.41. The molecular weight excluding hydrogens is 255 g/mol. The van der Waals surface area contributed by atoms with Gasteiger partial charge in [0, 0.05) is 12.1 Å². The molecular formula is C11H13F5N2. The van der Waals surface area contributed by atoms with Crippen molar-refractivity contribution in [2.24, 2.45) is 0 Å². The molecule has 1 aromatic carbocycles. The van der Waals surface area contributed by atoms with Gasteiger partial charge in [0.2, 0.25) is 5.82 Å². The van der Waals surface area contributed by atoms with Crippen LogP contribution in [0.15, 0.2) is 0 Å². The third-order valence-electron chi connectivity index (χ3n) is 2.38. The van der Waals surface area contributed by atoms with Crippen LogP contribution in [0, 0.1) is 29.1 Å². The van der Waals surface area contributed by atoms with E-state index in [4.69, 9.17) is 0 Å². The van der Waals surface area contributed by atoms with Gasteiger partial charge in [0.1, 0.15) is 0 Å². The Labute approximate surface area is 101 Å². The topological polar surface area (TPSA) is 24.1 Å². The van der Waals surface area contributed by atoms with Gasteiger partial charge in [0.05, 0.1) is 0 Å². The highest BCUT2D eigenvalue weighted by atomic mass is 19.2. The summed E-state index contributed by atoms with van der Waals surface area (Å²) in [6.07, 6.45) is 0.673. The number of hydrogen-bond acceptors (Lipinski definition) is 2. The minimum Gasteiger partial charge on any atom is -0.320 e. The first-order valence-corrected chi connectivity index (χ1v) is 5.36. The predicted octanol–water partition coefficient (Wildman–Crippen LogP) is 2.08. The van der Waals surface area contributed by atoms with Crippen LogP contribution in [-0.2, 0) is 6.54 Å². The lowest BCUT2D eigenvalue weighted by atomic mass is 10.1. The molecule has 1 aromatic rings. The zero-order valence-corrected chi connectivity index (χ0v) is 9.72. The van der Waals surface area contributed by atoms with Crippen molar-refractivity contribution in [3.05, 3.63) is 34.6 Å². The van der Waals surface area contributed by atoms with E-state index in [9.17, 15) is 22.0 Å². The minimum atomic E-state index is -2.14. The second-order valence-electron chi connectivity index (χ2n) is 3.68. The Hall–Kier alpha value is -1.21. The normalized spacial score (nSPS) is 11.0. The quantitative estimate of drug-likeness (QED) is 0.357. The fraction of sp³-hybridized carbons (Fsp3) is 0.455. The lowest BCUT2D eigenvalue weighted by molar-refractivity contribution is 0.367. The number of rotatable bonds is 6. The van der Waals surface area contributed by atoms with E-state index in [1.807, 2.05) is 0 Å². The molecule has 18 heavy (non-hydrogen) atoms. The van der Waals surface area contributed by atoms with Gasteiger partial charge in [-0.1, -0.05) is 0 Å². The zero-order chi connectivity index (χ0) is 13.7. The van der Waals surface area contributed by atoms with Crippen molar-refractivity contribution in [2.45, 2.75) is 13.0 Å². The molecule has 2 N–H and O–H groups in total. The Morgan fingerprint density at radius 1 is 0.778 bits per heavy atom. The van der Waals surface area contributed by atoms with Crippen molar-refractivity contribution in [3.8, 4) is 0 Å². The van der Waals surface area contributed by atoms with Crippen molar-refractivity contribution in [1.82, 2.24) is 10.6 Å². The van der Waals surface area contributed by atoms with Crippen molar-refractivity contribution >= 4 is 0 Å². The molecule has 0 bridgehead atoms. The van der Waals surface area contributed by atoms with Gasteiger partial charge >= 0.3 is 0 Å². The highest BCUT2D eigenvalue weighted by molar-refractivity contribution is 5.23. The van der Waals surface area contributed by atoms with Crippen molar-refractivity contribution in [3.63, 3.8) is 0 Å².